The van der Waals surface area contributed by atoms with Crippen molar-refractivity contribution in [1.29, 1.82) is 0 Å². The van der Waals surface area contributed by atoms with Crippen LogP contribution in [0.25, 0.3) is 11.3 Å². The second-order valence-electron chi connectivity index (χ2n) is 10.8. The highest BCUT2D eigenvalue weighted by molar-refractivity contribution is 5.95. The van der Waals surface area contributed by atoms with Crippen LogP contribution in [0.1, 0.15) is 79.8 Å². The Hall–Kier alpha value is -3.01. The van der Waals surface area contributed by atoms with Crippen molar-refractivity contribution in [2.75, 3.05) is 0 Å². The molecule has 0 atom stereocenters. The largest absolute Gasteiger partial charge is 0.507 e. The Labute approximate surface area is 192 Å². The van der Waals surface area contributed by atoms with Crippen LogP contribution in [0, 0.1) is 13.8 Å². The molecule has 3 N–H and O–H groups in total. The van der Waals surface area contributed by atoms with E-state index in [1.54, 1.807) is 0 Å². The minimum Gasteiger partial charge on any atom is -0.507 e. The molecular weight excluding hydrogens is 396 g/mol. The molecule has 32 heavy (non-hydrogen) atoms. The first-order chi connectivity index (χ1) is 14.7. The Bertz CT molecular complexity index is 1140. The molecule has 4 nitrogen and oxygen atoms in total. The summed E-state index contributed by atoms with van der Waals surface area (Å²) in [5, 5.41) is 11.1. The van der Waals surface area contributed by atoms with Crippen LogP contribution < -0.4 is 5.73 Å². The van der Waals surface area contributed by atoms with Crippen LogP contribution in [0.4, 0.5) is 0 Å². The van der Waals surface area contributed by atoms with Crippen molar-refractivity contribution in [2.24, 2.45) is 5.73 Å². The van der Waals surface area contributed by atoms with E-state index >= 15 is 0 Å². The molecule has 170 valence electrons. The van der Waals surface area contributed by atoms with Gasteiger partial charge in [0, 0.05) is 29.1 Å². The lowest BCUT2D eigenvalue weighted by Gasteiger charge is -2.28. The lowest BCUT2D eigenvalue weighted by Crippen LogP contribution is -2.17. The van der Waals surface area contributed by atoms with Crippen molar-refractivity contribution < 1.29 is 9.90 Å². The van der Waals surface area contributed by atoms with Crippen molar-refractivity contribution in [3.05, 3.63) is 76.0 Å². The van der Waals surface area contributed by atoms with Crippen molar-refractivity contribution >= 4 is 5.91 Å². The van der Waals surface area contributed by atoms with E-state index in [1.165, 1.54) is 11.1 Å². The molecule has 0 spiro atoms. The number of carbonyl (C=O) groups excluding carboxylic acids is 1. The van der Waals surface area contributed by atoms with Gasteiger partial charge < -0.3 is 15.4 Å². The van der Waals surface area contributed by atoms with Crippen LogP contribution in [-0.4, -0.2) is 15.6 Å². The summed E-state index contributed by atoms with van der Waals surface area (Å²) in [4.78, 5) is 12.2. The fourth-order valence-corrected chi connectivity index (χ4v) is 4.22. The summed E-state index contributed by atoms with van der Waals surface area (Å²) in [6.45, 7) is 17.3. The Kier molecular flexibility index (Phi) is 6.03. The van der Waals surface area contributed by atoms with E-state index in [0.29, 0.717) is 17.9 Å². The molecule has 1 amide bonds. The molecule has 0 fully saturated rings. The van der Waals surface area contributed by atoms with Gasteiger partial charge >= 0.3 is 0 Å². The predicted octanol–water partition coefficient (Wildman–Crippen LogP) is 6.22. The van der Waals surface area contributed by atoms with Gasteiger partial charge in [0.25, 0.3) is 5.91 Å². The SMILES string of the molecule is Cc1ccccc1Cn1c(-c2cc(C(C)(C)C)c(O)c(C(C)(C)C)c2)cc(C(N)=O)c1C. The molecule has 4 heteroatoms. The van der Waals surface area contributed by atoms with E-state index in [-0.39, 0.29) is 10.8 Å². The number of benzene rings is 2. The lowest BCUT2D eigenvalue weighted by molar-refractivity contribution is 0.0999. The topological polar surface area (TPSA) is 68.2 Å². The molecule has 0 unspecified atom stereocenters. The van der Waals surface area contributed by atoms with Gasteiger partial charge in [-0.05, 0) is 59.6 Å². The van der Waals surface area contributed by atoms with E-state index in [2.05, 4.69) is 77.3 Å². The van der Waals surface area contributed by atoms with E-state index in [1.807, 2.05) is 25.1 Å². The summed E-state index contributed by atoms with van der Waals surface area (Å²) in [5.74, 6) is -0.0873. The number of rotatable bonds is 4. The molecule has 0 saturated heterocycles. The highest BCUT2D eigenvalue weighted by Gasteiger charge is 2.28. The summed E-state index contributed by atoms with van der Waals surface area (Å²) < 4.78 is 2.16. The molecule has 2 aromatic carbocycles. The first-order valence-electron chi connectivity index (χ1n) is 11.1. The van der Waals surface area contributed by atoms with Gasteiger partial charge in [0.15, 0.2) is 0 Å². The van der Waals surface area contributed by atoms with E-state index in [4.69, 9.17) is 5.73 Å². The van der Waals surface area contributed by atoms with Crippen molar-refractivity contribution in [2.45, 2.75) is 72.8 Å². The Morgan fingerprint density at radius 3 is 1.94 bits per heavy atom. The van der Waals surface area contributed by atoms with Crippen LogP contribution in [0.5, 0.6) is 5.75 Å². The molecule has 0 aliphatic heterocycles. The zero-order chi connectivity index (χ0) is 24.0. The van der Waals surface area contributed by atoms with E-state index in [0.717, 1.165) is 28.1 Å². The molecule has 1 aromatic heterocycles. The van der Waals surface area contributed by atoms with Crippen LogP contribution in [0.15, 0.2) is 42.5 Å². The highest BCUT2D eigenvalue weighted by atomic mass is 16.3. The van der Waals surface area contributed by atoms with Crippen LogP contribution in [0.3, 0.4) is 0 Å². The second kappa shape index (κ2) is 8.16. The molecule has 0 bridgehead atoms. The number of aromatic nitrogens is 1. The average molecular weight is 433 g/mol. The molecule has 1 heterocycles. The molecule has 0 radical (unpaired) electrons. The van der Waals surface area contributed by atoms with Gasteiger partial charge in [0.2, 0.25) is 0 Å². The fourth-order valence-electron chi connectivity index (χ4n) is 4.22. The number of amides is 1. The first-order valence-corrected chi connectivity index (χ1v) is 11.1. The maximum atomic E-state index is 12.2. The predicted molar refractivity (Wildman–Crippen MR) is 132 cm³/mol. The highest BCUT2D eigenvalue weighted by Crippen LogP contribution is 2.42. The van der Waals surface area contributed by atoms with Gasteiger partial charge in [-0.2, -0.15) is 0 Å². The number of hydrogen-bond donors (Lipinski definition) is 2. The van der Waals surface area contributed by atoms with Crippen LogP contribution >= 0.6 is 0 Å². The fraction of sp³-hybridized carbons (Fsp3) is 0.393. The molecule has 0 saturated carbocycles. The summed E-state index contributed by atoms with van der Waals surface area (Å²) in [6.07, 6.45) is 0. The Morgan fingerprint density at radius 2 is 1.47 bits per heavy atom. The average Bonchev–Trinajstić information content (AvgIpc) is 2.98. The molecule has 0 aliphatic rings. The molecule has 0 aliphatic carbocycles. The Morgan fingerprint density at radius 1 is 0.938 bits per heavy atom. The van der Waals surface area contributed by atoms with E-state index in [9.17, 15) is 9.90 Å². The van der Waals surface area contributed by atoms with E-state index < -0.39 is 5.91 Å². The molecular formula is C28H36N2O2. The number of aryl methyl sites for hydroxylation is 1. The van der Waals surface area contributed by atoms with Gasteiger partial charge in [-0.25, -0.2) is 0 Å². The summed E-state index contributed by atoms with van der Waals surface area (Å²) in [7, 11) is 0. The maximum Gasteiger partial charge on any atom is 0.250 e. The number of nitrogens with zero attached hydrogens (tertiary/aromatic N) is 1. The third-order valence-corrected chi connectivity index (χ3v) is 6.24. The number of phenolic OH excluding ortho intramolecular Hbond substituents is 1. The minimum atomic E-state index is -0.432. The number of carbonyl (C=O) groups is 1. The molecule has 3 aromatic rings. The number of aromatic hydroxyl groups is 1. The van der Waals surface area contributed by atoms with Crippen LogP contribution in [-0.2, 0) is 17.4 Å². The number of phenols is 1. The van der Waals surface area contributed by atoms with Crippen molar-refractivity contribution in [3.8, 4) is 17.0 Å². The number of primary amides is 1. The smallest absolute Gasteiger partial charge is 0.250 e. The summed E-state index contributed by atoms with van der Waals surface area (Å²) >= 11 is 0. The lowest BCUT2D eigenvalue weighted by atomic mass is 9.78. The van der Waals surface area contributed by atoms with Crippen molar-refractivity contribution in [1.82, 2.24) is 4.57 Å². The number of nitrogens with two attached hydrogens (primary N) is 1. The third kappa shape index (κ3) is 4.45. The van der Waals surface area contributed by atoms with Crippen LogP contribution in [0.2, 0.25) is 0 Å². The molecule has 3 rings (SSSR count). The maximum absolute atomic E-state index is 12.2. The third-order valence-electron chi connectivity index (χ3n) is 6.24. The zero-order valence-electron chi connectivity index (χ0n) is 20.6. The van der Waals surface area contributed by atoms with Gasteiger partial charge in [0.05, 0.1) is 5.56 Å². The number of hydrogen-bond acceptors (Lipinski definition) is 2. The van der Waals surface area contributed by atoms with Gasteiger partial charge in [-0.3, -0.25) is 4.79 Å². The standard InChI is InChI=1S/C28H36N2O2/c1-17-11-9-10-12-19(17)16-30-18(2)21(26(29)32)15-24(30)20-13-22(27(3,4)5)25(31)23(14-20)28(6,7)8/h9-15,31H,16H2,1-8H3,(H2,29,32). The monoisotopic (exact) mass is 432 g/mol. The Balaban J connectivity index is 2.33. The second-order valence-corrected chi connectivity index (χ2v) is 10.8. The van der Waals surface area contributed by atoms with Gasteiger partial charge in [-0.15, -0.1) is 0 Å². The minimum absolute atomic E-state index is 0.241. The van der Waals surface area contributed by atoms with Crippen molar-refractivity contribution in [3.63, 3.8) is 0 Å². The van der Waals surface area contributed by atoms with Gasteiger partial charge in [-0.1, -0.05) is 65.8 Å². The normalized spacial score (nSPS) is 12.2. The quantitative estimate of drug-likeness (QED) is 0.514. The summed E-state index contributed by atoms with van der Waals surface area (Å²) in [6, 6.07) is 14.3. The summed E-state index contributed by atoms with van der Waals surface area (Å²) in [5.41, 5.74) is 12.7. The van der Waals surface area contributed by atoms with Gasteiger partial charge in [0.1, 0.15) is 5.75 Å². The zero-order valence-corrected chi connectivity index (χ0v) is 20.6. The first kappa shape index (κ1) is 23.6.